The molecule has 9 heteroatoms. The Balaban J connectivity index is 1.60. The predicted molar refractivity (Wildman–Crippen MR) is 103 cm³/mol. The summed E-state index contributed by atoms with van der Waals surface area (Å²) in [5.41, 5.74) is 0.333. The first-order valence-electron chi connectivity index (χ1n) is 9.15. The normalized spacial score (nSPS) is 17.4. The molecule has 1 aliphatic rings. The molecule has 0 spiro atoms. The van der Waals surface area contributed by atoms with E-state index in [1.54, 1.807) is 17.2 Å². The molecule has 1 aliphatic heterocycles. The molecule has 0 saturated carbocycles. The first kappa shape index (κ1) is 20.3. The van der Waals surface area contributed by atoms with Crippen LogP contribution in [-0.2, 0) is 22.7 Å². The maximum absolute atomic E-state index is 14.1. The number of imidazole rings is 1. The van der Waals surface area contributed by atoms with Crippen molar-refractivity contribution in [2.45, 2.75) is 32.5 Å². The number of nitrogens with zero attached hydrogens (tertiary/aromatic N) is 3. The zero-order chi connectivity index (χ0) is 20.1. The number of nitrogens with one attached hydrogen (secondary N) is 2. The van der Waals surface area contributed by atoms with Gasteiger partial charge in [0.2, 0.25) is 11.8 Å². The van der Waals surface area contributed by atoms with Crippen LogP contribution < -0.4 is 10.6 Å². The molecular formula is C19H23ClFN5O2. The van der Waals surface area contributed by atoms with Crippen LogP contribution in [-0.4, -0.2) is 51.9 Å². The standard InChI is InChI=1S/C19H23ClFN5O2/c1-13-22-5-8-25(13)9-6-23-18(27)11-17-19(28)24-7-10-26(17)12-14-15(20)3-2-4-16(14)21/h2-5,8,17H,6-7,9-12H2,1H3,(H,23,27)(H,24,28). The van der Waals surface area contributed by atoms with Crippen molar-refractivity contribution in [3.05, 3.63) is 52.8 Å². The number of carbonyl (C=O) groups excluding carboxylic acids is 2. The summed E-state index contributed by atoms with van der Waals surface area (Å²) in [5.74, 6) is -0.0185. The largest absolute Gasteiger partial charge is 0.354 e. The van der Waals surface area contributed by atoms with Crippen molar-refractivity contribution in [1.82, 2.24) is 25.1 Å². The lowest BCUT2D eigenvalue weighted by Gasteiger charge is -2.35. The monoisotopic (exact) mass is 407 g/mol. The van der Waals surface area contributed by atoms with Crippen LogP contribution in [0.25, 0.3) is 0 Å². The SMILES string of the molecule is Cc1nccn1CCNC(=O)CC1C(=O)NCCN1Cc1c(F)cccc1Cl. The number of aromatic nitrogens is 2. The van der Waals surface area contributed by atoms with Crippen LogP contribution in [0.2, 0.25) is 5.02 Å². The topological polar surface area (TPSA) is 79.3 Å². The van der Waals surface area contributed by atoms with Gasteiger partial charge >= 0.3 is 0 Å². The van der Waals surface area contributed by atoms with Crippen LogP contribution in [0.3, 0.4) is 0 Å². The number of hydrogen-bond donors (Lipinski definition) is 2. The van der Waals surface area contributed by atoms with Crippen molar-refractivity contribution in [3.8, 4) is 0 Å². The fourth-order valence-corrected chi connectivity index (χ4v) is 3.49. The van der Waals surface area contributed by atoms with Crippen molar-refractivity contribution in [1.29, 1.82) is 0 Å². The summed E-state index contributed by atoms with van der Waals surface area (Å²) < 4.78 is 16.1. The Kier molecular flexibility index (Phi) is 6.64. The van der Waals surface area contributed by atoms with Gasteiger partial charge in [-0.2, -0.15) is 0 Å². The van der Waals surface area contributed by atoms with Gasteiger partial charge in [-0.05, 0) is 19.1 Å². The van der Waals surface area contributed by atoms with E-state index in [1.807, 2.05) is 17.7 Å². The van der Waals surface area contributed by atoms with Gasteiger partial charge < -0.3 is 15.2 Å². The number of piperazine rings is 1. The molecule has 0 radical (unpaired) electrons. The molecule has 150 valence electrons. The fourth-order valence-electron chi connectivity index (χ4n) is 3.26. The van der Waals surface area contributed by atoms with E-state index in [0.29, 0.717) is 36.8 Å². The summed E-state index contributed by atoms with van der Waals surface area (Å²) >= 11 is 6.11. The average molecular weight is 408 g/mol. The van der Waals surface area contributed by atoms with Crippen LogP contribution in [0, 0.1) is 12.7 Å². The number of aryl methyl sites for hydroxylation is 1. The number of carbonyl (C=O) groups is 2. The highest BCUT2D eigenvalue weighted by molar-refractivity contribution is 6.31. The minimum Gasteiger partial charge on any atom is -0.354 e. The van der Waals surface area contributed by atoms with Crippen molar-refractivity contribution in [2.24, 2.45) is 0 Å². The third-order valence-corrected chi connectivity index (χ3v) is 5.20. The zero-order valence-corrected chi connectivity index (χ0v) is 16.4. The molecule has 7 nitrogen and oxygen atoms in total. The predicted octanol–water partition coefficient (Wildman–Crippen LogP) is 1.49. The van der Waals surface area contributed by atoms with Crippen LogP contribution in [0.5, 0.6) is 0 Å². The van der Waals surface area contributed by atoms with Crippen molar-refractivity contribution < 1.29 is 14.0 Å². The third-order valence-electron chi connectivity index (χ3n) is 4.84. The number of amides is 2. The van der Waals surface area contributed by atoms with Gasteiger partial charge in [0.05, 0.1) is 12.5 Å². The van der Waals surface area contributed by atoms with Gasteiger partial charge in [-0.25, -0.2) is 9.37 Å². The smallest absolute Gasteiger partial charge is 0.237 e. The molecule has 2 aromatic rings. The average Bonchev–Trinajstić information content (AvgIpc) is 3.06. The molecule has 2 N–H and O–H groups in total. The first-order chi connectivity index (χ1) is 13.5. The second kappa shape index (κ2) is 9.16. The molecule has 1 saturated heterocycles. The Morgan fingerprint density at radius 1 is 1.46 bits per heavy atom. The summed E-state index contributed by atoms with van der Waals surface area (Å²) in [6.07, 6.45) is 3.55. The Morgan fingerprint density at radius 3 is 3.00 bits per heavy atom. The van der Waals surface area contributed by atoms with Crippen LogP contribution >= 0.6 is 11.6 Å². The summed E-state index contributed by atoms with van der Waals surface area (Å²) in [6.45, 7) is 4.06. The number of hydrogen-bond acceptors (Lipinski definition) is 4. The van der Waals surface area contributed by atoms with Gasteiger partial charge in [-0.15, -0.1) is 0 Å². The van der Waals surface area contributed by atoms with Gasteiger partial charge in [0, 0.05) is 55.7 Å². The van der Waals surface area contributed by atoms with E-state index in [9.17, 15) is 14.0 Å². The lowest BCUT2D eigenvalue weighted by molar-refractivity contribution is -0.134. The summed E-state index contributed by atoms with van der Waals surface area (Å²) in [4.78, 5) is 30.6. The number of rotatable bonds is 7. The Labute approximate surface area is 167 Å². The van der Waals surface area contributed by atoms with Crippen LogP contribution in [0.1, 0.15) is 17.8 Å². The van der Waals surface area contributed by atoms with E-state index in [0.717, 1.165) is 5.82 Å². The molecule has 1 fully saturated rings. The Bertz CT molecular complexity index is 836. The van der Waals surface area contributed by atoms with Gasteiger partial charge in [-0.3, -0.25) is 14.5 Å². The molecule has 2 heterocycles. The molecule has 28 heavy (non-hydrogen) atoms. The zero-order valence-electron chi connectivity index (χ0n) is 15.6. The first-order valence-corrected chi connectivity index (χ1v) is 9.52. The molecule has 3 rings (SSSR count). The molecule has 1 aromatic carbocycles. The van der Waals surface area contributed by atoms with Gasteiger partial charge in [-0.1, -0.05) is 17.7 Å². The van der Waals surface area contributed by atoms with Crippen LogP contribution in [0.15, 0.2) is 30.6 Å². The quantitative estimate of drug-likeness (QED) is 0.729. The van der Waals surface area contributed by atoms with E-state index < -0.39 is 11.9 Å². The second-order valence-corrected chi connectivity index (χ2v) is 7.11. The van der Waals surface area contributed by atoms with Gasteiger partial charge in [0.1, 0.15) is 11.6 Å². The molecular weight excluding hydrogens is 385 g/mol. The highest BCUT2D eigenvalue weighted by Crippen LogP contribution is 2.23. The summed E-state index contributed by atoms with van der Waals surface area (Å²) in [5, 5.41) is 5.91. The number of halogens is 2. The van der Waals surface area contributed by atoms with Crippen molar-refractivity contribution in [3.63, 3.8) is 0 Å². The summed E-state index contributed by atoms with van der Waals surface area (Å²) in [6, 6.07) is 3.82. The minimum absolute atomic E-state index is 0.000809. The molecule has 0 aliphatic carbocycles. The fraction of sp³-hybridized carbons (Fsp3) is 0.421. The van der Waals surface area contributed by atoms with E-state index in [-0.39, 0.29) is 24.8 Å². The van der Waals surface area contributed by atoms with Gasteiger partial charge in [0.15, 0.2) is 0 Å². The third kappa shape index (κ3) is 4.88. The maximum atomic E-state index is 14.1. The Hall–Kier alpha value is -2.45. The van der Waals surface area contributed by atoms with E-state index >= 15 is 0 Å². The lowest BCUT2D eigenvalue weighted by atomic mass is 10.1. The highest BCUT2D eigenvalue weighted by atomic mass is 35.5. The number of benzene rings is 1. The minimum atomic E-state index is -0.667. The second-order valence-electron chi connectivity index (χ2n) is 6.70. The van der Waals surface area contributed by atoms with Gasteiger partial charge in [0.25, 0.3) is 0 Å². The molecule has 1 aromatic heterocycles. The van der Waals surface area contributed by atoms with E-state index in [4.69, 9.17) is 11.6 Å². The summed E-state index contributed by atoms with van der Waals surface area (Å²) in [7, 11) is 0. The molecule has 1 unspecified atom stereocenters. The highest BCUT2D eigenvalue weighted by Gasteiger charge is 2.32. The molecule has 1 atom stereocenters. The van der Waals surface area contributed by atoms with Crippen LogP contribution in [0.4, 0.5) is 4.39 Å². The van der Waals surface area contributed by atoms with E-state index in [1.165, 1.54) is 12.1 Å². The van der Waals surface area contributed by atoms with Crippen molar-refractivity contribution in [2.75, 3.05) is 19.6 Å². The Morgan fingerprint density at radius 2 is 2.29 bits per heavy atom. The molecule has 2 amide bonds. The van der Waals surface area contributed by atoms with Crippen molar-refractivity contribution >= 4 is 23.4 Å². The molecule has 0 bridgehead atoms. The maximum Gasteiger partial charge on any atom is 0.237 e. The lowest BCUT2D eigenvalue weighted by Crippen LogP contribution is -2.56. The van der Waals surface area contributed by atoms with E-state index in [2.05, 4.69) is 15.6 Å².